The maximum atomic E-state index is 6.74. The van der Waals surface area contributed by atoms with Crippen LogP contribution in [-0.2, 0) is 0 Å². The number of benzene rings is 3. The second-order valence-electron chi connectivity index (χ2n) is 9.25. The van der Waals surface area contributed by atoms with Crippen molar-refractivity contribution in [1.29, 1.82) is 0 Å². The Balaban J connectivity index is 1.40. The molecule has 0 aromatic heterocycles. The first kappa shape index (κ1) is 20.1. The topological polar surface area (TPSA) is 28.1 Å². The summed E-state index contributed by atoms with van der Waals surface area (Å²) in [5.41, 5.74) is 3.10. The predicted molar refractivity (Wildman–Crippen MR) is 130 cm³/mol. The van der Waals surface area contributed by atoms with Crippen LogP contribution in [0.1, 0.15) is 49.8 Å². The molecule has 1 saturated heterocycles. The standard InChI is InChI=1S/C27H28ClN3O/c1-2-13-30-14-11-27(12-15-30)31-25(23-17-22(28)9-10-26(23)32-27)18-24(29-31)21-8-7-19-5-3-4-6-20(19)16-21/h3-10,16-17,25H,2,11-15,18H2,1H3. The van der Waals surface area contributed by atoms with E-state index in [-0.39, 0.29) is 11.8 Å². The molecule has 3 aromatic carbocycles. The summed E-state index contributed by atoms with van der Waals surface area (Å²) < 4.78 is 6.74. The van der Waals surface area contributed by atoms with Crippen molar-refractivity contribution < 1.29 is 4.74 Å². The van der Waals surface area contributed by atoms with E-state index in [9.17, 15) is 0 Å². The molecule has 3 heterocycles. The van der Waals surface area contributed by atoms with Gasteiger partial charge in [-0.25, -0.2) is 5.01 Å². The minimum atomic E-state index is -0.381. The first-order valence-corrected chi connectivity index (χ1v) is 12.1. The fourth-order valence-corrected chi connectivity index (χ4v) is 5.75. The summed E-state index contributed by atoms with van der Waals surface area (Å²) in [6, 6.07) is 21.4. The molecule has 32 heavy (non-hydrogen) atoms. The molecule has 5 heteroatoms. The largest absolute Gasteiger partial charge is 0.466 e. The minimum Gasteiger partial charge on any atom is -0.466 e. The Bertz CT molecular complexity index is 1200. The second-order valence-corrected chi connectivity index (χ2v) is 9.68. The van der Waals surface area contributed by atoms with Gasteiger partial charge in [-0.1, -0.05) is 54.9 Å². The Kier molecular flexibility index (Phi) is 4.89. The molecule has 0 N–H and O–H groups in total. The van der Waals surface area contributed by atoms with E-state index in [4.69, 9.17) is 21.4 Å². The smallest absolute Gasteiger partial charge is 0.200 e. The normalized spacial score (nSPS) is 21.9. The van der Waals surface area contributed by atoms with Gasteiger partial charge in [0.2, 0.25) is 5.72 Å². The molecule has 1 atom stereocenters. The molecule has 1 fully saturated rings. The third kappa shape index (κ3) is 3.28. The zero-order chi connectivity index (χ0) is 21.7. The average Bonchev–Trinajstić information content (AvgIpc) is 3.28. The Hall–Kier alpha value is -2.56. The van der Waals surface area contributed by atoms with Gasteiger partial charge in [0.05, 0.1) is 11.8 Å². The van der Waals surface area contributed by atoms with Gasteiger partial charge >= 0.3 is 0 Å². The fourth-order valence-electron chi connectivity index (χ4n) is 5.57. The van der Waals surface area contributed by atoms with Gasteiger partial charge in [0.25, 0.3) is 0 Å². The van der Waals surface area contributed by atoms with E-state index in [1.807, 2.05) is 12.1 Å². The van der Waals surface area contributed by atoms with E-state index < -0.39 is 0 Å². The Morgan fingerprint density at radius 1 is 1.03 bits per heavy atom. The van der Waals surface area contributed by atoms with Gasteiger partial charge in [-0.3, -0.25) is 0 Å². The highest BCUT2D eigenvalue weighted by Crippen LogP contribution is 2.50. The molecule has 4 nitrogen and oxygen atoms in total. The average molecular weight is 446 g/mol. The maximum Gasteiger partial charge on any atom is 0.200 e. The third-order valence-corrected chi connectivity index (χ3v) is 7.45. The molecule has 164 valence electrons. The van der Waals surface area contributed by atoms with E-state index in [1.165, 1.54) is 22.8 Å². The molecule has 3 aliphatic rings. The van der Waals surface area contributed by atoms with Crippen molar-refractivity contribution in [3.63, 3.8) is 0 Å². The molecular formula is C27H28ClN3O. The summed E-state index contributed by atoms with van der Waals surface area (Å²) in [4.78, 5) is 2.55. The first-order chi connectivity index (χ1) is 15.6. The lowest BCUT2D eigenvalue weighted by atomic mass is 9.90. The fraction of sp³-hybridized carbons (Fsp3) is 0.370. The van der Waals surface area contributed by atoms with Crippen LogP contribution in [0.25, 0.3) is 10.8 Å². The number of ether oxygens (including phenoxy) is 1. The Labute approximate surface area is 194 Å². The maximum absolute atomic E-state index is 6.74. The highest BCUT2D eigenvalue weighted by Gasteiger charge is 2.51. The van der Waals surface area contributed by atoms with Crippen LogP contribution in [0.5, 0.6) is 5.75 Å². The number of rotatable bonds is 3. The zero-order valence-corrected chi connectivity index (χ0v) is 19.2. The monoisotopic (exact) mass is 445 g/mol. The van der Waals surface area contributed by atoms with Gasteiger partial charge < -0.3 is 9.64 Å². The van der Waals surface area contributed by atoms with Crippen molar-refractivity contribution in [2.45, 2.75) is 44.4 Å². The highest BCUT2D eigenvalue weighted by molar-refractivity contribution is 6.30. The SMILES string of the molecule is CCCN1CCC2(CC1)Oc1ccc(Cl)cc1C1CC(c3ccc4ccccc4c3)=NN12. The molecule has 0 bridgehead atoms. The van der Waals surface area contributed by atoms with E-state index in [1.54, 1.807) is 0 Å². The highest BCUT2D eigenvalue weighted by atomic mass is 35.5. The van der Waals surface area contributed by atoms with Crippen LogP contribution in [0.4, 0.5) is 0 Å². The van der Waals surface area contributed by atoms with Crippen LogP contribution in [0.2, 0.25) is 5.02 Å². The van der Waals surface area contributed by atoms with Gasteiger partial charge in [-0.15, -0.1) is 0 Å². The predicted octanol–water partition coefficient (Wildman–Crippen LogP) is 6.24. The summed E-state index contributed by atoms with van der Waals surface area (Å²) in [6.45, 7) is 5.48. The molecule has 0 radical (unpaired) electrons. The summed E-state index contributed by atoms with van der Waals surface area (Å²) >= 11 is 6.40. The Morgan fingerprint density at radius 3 is 2.66 bits per heavy atom. The van der Waals surface area contributed by atoms with Crippen molar-refractivity contribution in [2.24, 2.45) is 5.10 Å². The van der Waals surface area contributed by atoms with Gasteiger partial charge in [0.15, 0.2) is 0 Å². The van der Waals surface area contributed by atoms with Crippen LogP contribution in [0, 0.1) is 0 Å². The number of piperidine rings is 1. The van der Waals surface area contributed by atoms with Crippen molar-refractivity contribution in [3.05, 3.63) is 76.8 Å². The van der Waals surface area contributed by atoms with Gasteiger partial charge in [0, 0.05) is 42.9 Å². The number of halogens is 1. The number of hydrogen-bond donors (Lipinski definition) is 0. The molecule has 6 rings (SSSR count). The van der Waals surface area contributed by atoms with Gasteiger partial charge in [0.1, 0.15) is 5.75 Å². The molecule has 0 amide bonds. The number of hydrogen-bond acceptors (Lipinski definition) is 4. The molecular weight excluding hydrogens is 418 g/mol. The van der Waals surface area contributed by atoms with Crippen molar-refractivity contribution in [1.82, 2.24) is 9.91 Å². The van der Waals surface area contributed by atoms with Crippen LogP contribution in [-0.4, -0.2) is 41.0 Å². The molecule has 3 aromatic rings. The van der Waals surface area contributed by atoms with Gasteiger partial charge in [-0.05, 0) is 53.6 Å². The third-order valence-electron chi connectivity index (χ3n) is 7.22. The second kappa shape index (κ2) is 7.79. The Morgan fingerprint density at radius 2 is 1.84 bits per heavy atom. The lowest BCUT2D eigenvalue weighted by molar-refractivity contribution is -0.149. The molecule has 3 aliphatic heterocycles. The van der Waals surface area contributed by atoms with Crippen LogP contribution >= 0.6 is 11.6 Å². The summed E-state index contributed by atoms with van der Waals surface area (Å²) in [7, 11) is 0. The molecule has 0 aliphatic carbocycles. The van der Waals surface area contributed by atoms with Crippen molar-refractivity contribution in [3.8, 4) is 5.75 Å². The van der Waals surface area contributed by atoms with Gasteiger partial charge in [-0.2, -0.15) is 5.10 Å². The molecule has 1 spiro atoms. The first-order valence-electron chi connectivity index (χ1n) is 11.7. The molecule has 0 saturated carbocycles. The summed E-state index contributed by atoms with van der Waals surface area (Å²) in [5.74, 6) is 0.967. The van der Waals surface area contributed by atoms with E-state index in [0.717, 1.165) is 60.9 Å². The number of fused-ring (bicyclic) bond motifs is 5. The number of likely N-dealkylation sites (tertiary alicyclic amines) is 1. The van der Waals surface area contributed by atoms with Crippen molar-refractivity contribution >= 4 is 28.1 Å². The summed E-state index contributed by atoms with van der Waals surface area (Å²) in [6.07, 6.45) is 3.97. The van der Waals surface area contributed by atoms with E-state index >= 15 is 0 Å². The minimum absolute atomic E-state index is 0.164. The summed E-state index contributed by atoms with van der Waals surface area (Å²) in [5, 5.41) is 10.8. The quantitative estimate of drug-likeness (QED) is 0.477. The number of nitrogens with zero attached hydrogens (tertiary/aromatic N) is 3. The van der Waals surface area contributed by atoms with Crippen molar-refractivity contribution in [2.75, 3.05) is 19.6 Å². The van der Waals surface area contributed by atoms with E-state index in [0.29, 0.717) is 0 Å². The van der Waals surface area contributed by atoms with Crippen LogP contribution < -0.4 is 4.74 Å². The lowest BCUT2D eigenvalue weighted by Crippen LogP contribution is -2.59. The number of hydrazone groups is 1. The zero-order valence-electron chi connectivity index (χ0n) is 18.4. The van der Waals surface area contributed by atoms with Crippen LogP contribution in [0.15, 0.2) is 65.8 Å². The molecule has 1 unspecified atom stereocenters. The van der Waals surface area contributed by atoms with E-state index in [2.05, 4.69) is 65.4 Å². The lowest BCUT2D eigenvalue weighted by Gasteiger charge is -2.51. The van der Waals surface area contributed by atoms with Crippen LogP contribution in [0.3, 0.4) is 0 Å².